The van der Waals surface area contributed by atoms with Crippen molar-refractivity contribution in [3.05, 3.63) is 40.4 Å². The number of carbonyl (C=O) groups excluding carboxylic acids is 2. The molecule has 2 atom stereocenters. The molecule has 146 valence electrons. The number of esters is 1. The van der Waals surface area contributed by atoms with Gasteiger partial charge in [-0.2, -0.15) is 0 Å². The highest BCUT2D eigenvalue weighted by atomic mass is 32.1. The zero-order valence-corrected chi connectivity index (χ0v) is 17.0. The third-order valence-electron chi connectivity index (χ3n) is 5.75. The van der Waals surface area contributed by atoms with Gasteiger partial charge in [-0.15, -0.1) is 11.3 Å². The Morgan fingerprint density at radius 2 is 2.04 bits per heavy atom. The lowest BCUT2D eigenvalue weighted by molar-refractivity contribution is -0.153. The number of hydrogen-bond acceptors (Lipinski definition) is 5. The lowest BCUT2D eigenvalue weighted by atomic mass is 9.71. The first-order valence-electron chi connectivity index (χ1n) is 10.0. The summed E-state index contributed by atoms with van der Waals surface area (Å²) in [7, 11) is 0. The van der Waals surface area contributed by atoms with Crippen molar-refractivity contribution in [2.24, 2.45) is 23.7 Å². The van der Waals surface area contributed by atoms with Crippen molar-refractivity contribution >= 4 is 23.1 Å². The van der Waals surface area contributed by atoms with Gasteiger partial charge in [0.05, 0.1) is 11.6 Å². The molecule has 1 heterocycles. The SMILES string of the molecule is CCOC(=O)C(Cc1nc(C)cs1)C(=O)[C@H]1CC[C@H](C2C=CC=CC2)CC1. The molecule has 0 saturated heterocycles. The maximum absolute atomic E-state index is 13.2. The molecular formula is C22H29NO3S. The molecule has 0 aromatic carbocycles. The van der Waals surface area contributed by atoms with Crippen molar-refractivity contribution in [1.82, 2.24) is 4.98 Å². The lowest BCUT2D eigenvalue weighted by Gasteiger charge is -2.33. The fourth-order valence-electron chi connectivity index (χ4n) is 4.28. The van der Waals surface area contributed by atoms with Crippen molar-refractivity contribution in [1.29, 1.82) is 0 Å². The second-order valence-electron chi connectivity index (χ2n) is 7.62. The van der Waals surface area contributed by atoms with E-state index in [1.807, 2.05) is 12.3 Å². The summed E-state index contributed by atoms with van der Waals surface area (Å²) in [6.45, 7) is 4.01. The summed E-state index contributed by atoms with van der Waals surface area (Å²) in [5, 5.41) is 2.80. The van der Waals surface area contributed by atoms with Crippen LogP contribution in [0.15, 0.2) is 29.7 Å². The number of aryl methyl sites for hydroxylation is 1. The highest BCUT2D eigenvalue weighted by molar-refractivity contribution is 7.09. The van der Waals surface area contributed by atoms with Gasteiger partial charge >= 0.3 is 5.97 Å². The standard InChI is InChI=1S/C22H29NO3S/c1-3-26-22(25)19(13-20-23-15(2)14-27-20)21(24)18-11-9-17(10-12-18)16-7-5-4-6-8-16/h4-7,14,16-19H,3,8-13H2,1-2H3/t16?,17-,18-,19?. The molecule has 0 spiro atoms. The van der Waals surface area contributed by atoms with Crippen molar-refractivity contribution < 1.29 is 14.3 Å². The molecule has 5 heteroatoms. The average molecular weight is 388 g/mol. The topological polar surface area (TPSA) is 56.3 Å². The summed E-state index contributed by atoms with van der Waals surface area (Å²) in [6.07, 6.45) is 14.1. The van der Waals surface area contributed by atoms with Crippen LogP contribution >= 0.6 is 11.3 Å². The van der Waals surface area contributed by atoms with Crippen LogP contribution in [-0.2, 0) is 20.7 Å². The molecule has 0 bridgehead atoms. The molecule has 1 saturated carbocycles. The van der Waals surface area contributed by atoms with Crippen molar-refractivity contribution in [3.63, 3.8) is 0 Å². The number of aromatic nitrogens is 1. The van der Waals surface area contributed by atoms with Gasteiger partial charge in [0.2, 0.25) is 0 Å². The van der Waals surface area contributed by atoms with Gasteiger partial charge in [-0.25, -0.2) is 4.98 Å². The van der Waals surface area contributed by atoms with Gasteiger partial charge in [0.15, 0.2) is 5.78 Å². The molecule has 27 heavy (non-hydrogen) atoms. The van der Waals surface area contributed by atoms with E-state index in [2.05, 4.69) is 29.3 Å². The predicted octanol–water partition coefficient (Wildman–Crippen LogP) is 4.68. The second-order valence-corrected chi connectivity index (χ2v) is 8.56. The molecule has 2 aliphatic carbocycles. The van der Waals surface area contributed by atoms with Crippen molar-refractivity contribution in [3.8, 4) is 0 Å². The molecule has 2 unspecified atom stereocenters. The lowest BCUT2D eigenvalue weighted by Crippen LogP contribution is -2.35. The van der Waals surface area contributed by atoms with E-state index in [0.717, 1.165) is 42.8 Å². The van der Waals surface area contributed by atoms with Gasteiger partial charge in [0.25, 0.3) is 0 Å². The number of Topliss-reactive ketones (excluding diaryl/α,β-unsaturated/α-hetero) is 1. The van der Waals surface area contributed by atoms with Gasteiger partial charge in [0, 0.05) is 23.4 Å². The van der Waals surface area contributed by atoms with Crippen molar-refractivity contribution in [2.45, 2.75) is 52.4 Å². The maximum Gasteiger partial charge on any atom is 0.316 e. The number of ketones is 1. The fourth-order valence-corrected chi connectivity index (χ4v) is 5.10. The van der Waals surface area contributed by atoms with Crippen LogP contribution in [0.3, 0.4) is 0 Å². The molecule has 1 aromatic rings. The Labute approximate surface area is 165 Å². The van der Waals surface area contributed by atoms with Crippen LogP contribution in [0.5, 0.6) is 0 Å². The minimum Gasteiger partial charge on any atom is -0.465 e. The molecule has 3 rings (SSSR count). The van der Waals surface area contributed by atoms with E-state index in [-0.39, 0.29) is 11.7 Å². The smallest absolute Gasteiger partial charge is 0.316 e. The summed E-state index contributed by atoms with van der Waals surface area (Å²) >= 11 is 1.51. The summed E-state index contributed by atoms with van der Waals surface area (Å²) in [5.41, 5.74) is 0.931. The Morgan fingerprint density at radius 1 is 1.26 bits per heavy atom. The molecule has 1 fully saturated rings. The van der Waals surface area contributed by atoms with Crippen LogP contribution in [0.2, 0.25) is 0 Å². The maximum atomic E-state index is 13.2. The summed E-state index contributed by atoms with van der Waals surface area (Å²) < 4.78 is 5.21. The summed E-state index contributed by atoms with van der Waals surface area (Å²) in [5.74, 6) is 0.175. The van der Waals surface area contributed by atoms with E-state index in [1.54, 1.807) is 6.92 Å². The van der Waals surface area contributed by atoms with Crippen LogP contribution in [0, 0.1) is 30.6 Å². The van der Waals surface area contributed by atoms with Gasteiger partial charge in [-0.05, 0) is 57.8 Å². The van der Waals surface area contributed by atoms with Crippen LogP contribution in [-0.4, -0.2) is 23.3 Å². The van der Waals surface area contributed by atoms with E-state index in [1.165, 1.54) is 11.3 Å². The van der Waals surface area contributed by atoms with Crippen LogP contribution in [0.25, 0.3) is 0 Å². The summed E-state index contributed by atoms with van der Waals surface area (Å²) in [4.78, 5) is 30.1. The number of thiazole rings is 1. The van der Waals surface area contributed by atoms with Crippen molar-refractivity contribution in [2.75, 3.05) is 6.61 Å². The van der Waals surface area contributed by atoms with E-state index in [4.69, 9.17) is 4.74 Å². The number of nitrogens with zero attached hydrogens (tertiary/aromatic N) is 1. The molecule has 1 aromatic heterocycles. The number of carbonyl (C=O) groups is 2. The highest BCUT2D eigenvalue weighted by Gasteiger charge is 2.37. The molecule has 0 radical (unpaired) electrons. The van der Waals surface area contributed by atoms with E-state index >= 15 is 0 Å². The molecule has 0 aliphatic heterocycles. The zero-order valence-electron chi connectivity index (χ0n) is 16.2. The monoisotopic (exact) mass is 387 g/mol. The summed E-state index contributed by atoms with van der Waals surface area (Å²) in [6, 6.07) is 0. The Hall–Kier alpha value is -1.75. The third kappa shape index (κ3) is 5.16. The van der Waals surface area contributed by atoms with E-state index < -0.39 is 11.9 Å². The largest absolute Gasteiger partial charge is 0.465 e. The minimum atomic E-state index is -0.713. The molecule has 0 amide bonds. The Balaban J connectivity index is 1.62. The Kier molecular flexibility index (Phi) is 7.00. The first kappa shape index (κ1) is 20.0. The highest BCUT2D eigenvalue weighted by Crippen LogP contribution is 2.38. The van der Waals surface area contributed by atoms with Crippen LogP contribution < -0.4 is 0 Å². The number of rotatable bonds is 7. The Bertz CT molecular complexity index is 713. The number of ether oxygens (including phenoxy) is 1. The zero-order chi connectivity index (χ0) is 19.2. The van der Waals surface area contributed by atoms with Gasteiger partial charge in [-0.1, -0.05) is 24.3 Å². The first-order chi connectivity index (χ1) is 13.1. The predicted molar refractivity (Wildman–Crippen MR) is 108 cm³/mol. The van der Waals surface area contributed by atoms with Gasteiger partial charge in [0.1, 0.15) is 5.92 Å². The van der Waals surface area contributed by atoms with Gasteiger partial charge < -0.3 is 4.74 Å². The fraction of sp³-hybridized carbons (Fsp3) is 0.591. The molecular weight excluding hydrogens is 358 g/mol. The number of allylic oxidation sites excluding steroid dienone is 4. The molecule has 0 N–H and O–H groups in total. The second kappa shape index (κ2) is 9.45. The van der Waals surface area contributed by atoms with Crippen LogP contribution in [0.1, 0.15) is 49.7 Å². The number of hydrogen-bond donors (Lipinski definition) is 0. The minimum absolute atomic E-state index is 0.0279. The van der Waals surface area contributed by atoms with E-state index in [0.29, 0.717) is 24.9 Å². The van der Waals surface area contributed by atoms with E-state index in [9.17, 15) is 9.59 Å². The third-order valence-corrected chi connectivity index (χ3v) is 6.74. The van der Waals surface area contributed by atoms with Crippen LogP contribution in [0.4, 0.5) is 0 Å². The van der Waals surface area contributed by atoms with Gasteiger partial charge in [-0.3, -0.25) is 9.59 Å². The molecule has 2 aliphatic rings. The first-order valence-corrected chi connectivity index (χ1v) is 10.9. The quantitative estimate of drug-likeness (QED) is 0.503. The average Bonchev–Trinajstić information content (AvgIpc) is 3.11. The normalized spacial score (nSPS) is 25.9. The molecule has 4 nitrogen and oxygen atoms in total. The Morgan fingerprint density at radius 3 is 2.63 bits per heavy atom.